The van der Waals surface area contributed by atoms with Crippen molar-refractivity contribution in [1.29, 1.82) is 0 Å². The van der Waals surface area contributed by atoms with Crippen LogP contribution in [0, 0.1) is 18.3 Å². The van der Waals surface area contributed by atoms with Gasteiger partial charge in [0.2, 0.25) is 0 Å². The van der Waals surface area contributed by atoms with Gasteiger partial charge >= 0.3 is 0 Å². The normalized spacial score (nSPS) is 18.3. The number of aryl methyl sites for hydroxylation is 1. The van der Waals surface area contributed by atoms with Gasteiger partial charge < -0.3 is 9.88 Å². The van der Waals surface area contributed by atoms with Gasteiger partial charge in [-0.1, -0.05) is 42.0 Å². The van der Waals surface area contributed by atoms with E-state index in [-0.39, 0.29) is 4.90 Å². The highest BCUT2D eigenvalue weighted by Gasteiger charge is 2.47. The lowest BCUT2D eigenvalue weighted by Crippen LogP contribution is -2.60. The SMILES string of the molecule is CP(C)(=O)c1ccc(CC2CC3(CNC3)C2)cc1.Cc1ccc(S(=O)(=O)O)cc1. The molecule has 29 heavy (non-hydrogen) atoms. The van der Waals surface area contributed by atoms with Gasteiger partial charge in [0.15, 0.2) is 0 Å². The van der Waals surface area contributed by atoms with Gasteiger partial charge in [-0.25, -0.2) is 0 Å². The molecule has 0 aromatic heterocycles. The smallest absolute Gasteiger partial charge is 0.294 e. The molecule has 0 atom stereocenters. The molecule has 7 heteroatoms. The van der Waals surface area contributed by atoms with E-state index in [1.165, 1.54) is 50.0 Å². The van der Waals surface area contributed by atoms with E-state index < -0.39 is 17.3 Å². The molecule has 0 bridgehead atoms. The molecule has 0 amide bonds. The average Bonchev–Trinajstić information content (AvgIpc) is 2.56. The first kappa shape index (κ1) is 22.2. The second-order valence-corrected chi connectivity index (χ2v) is 13.5. The molecule has 1 spiro atoms. The lowest BCUT2D eigenvalue weighted by atomic mass is 9.57. The van der Waals surface area contributed by atoms with E-state index in [0.717, 1.165) is 16.8 Å². The van der Waals surface area contributed by atoms with Crippen LogP contribution in [0.25, 0.3) is 0 Å². The molecular formula is C22H30NO4PS. The van der Waals surface area contributed by atoms with Crippen molar-refractivity contribution >= 4 is 22.6 Å². The van der Waals surface area contributed by atoms with Crippen LogP contribution in [0.5, 0.6) is 0 Å². The summed E-state index contributed by atoms with van der Waals surface area (Å²) in [5, 5.41) is 4.38. The van der Waals surface area contributed by atoms with Gasteiger partial charge in [-0.3, -0.25) is 4.55 Å². The summed E-state index contributed by atoms with van der Waals surface area (Å²) in [5.41, 5.74) is 3.03. The lowest BCUT2D eigenvalue weighted by Gasteiger charge is -2.54. The van der Waals surface area contributed by atoms with Gasteiger partial charge in [0.1, 0.15) is 7.14 Å². The summed E-state index contributed by atoms with van der Waals surface area (Å²) in [6.45, 7) is 7.98. The molecule has 0 radical (unpaired) electrons. The second-order valence-electron chi connectivity index (χ2n) is 8.89. The Morgan fingerprint density at radius 3 is 2.00 bits per heavy atom. The number of hydrogen-bond acceptors (Lipinski definition) is 4. The van der Waals surface area contributed by atoms with Crippen LogP contribution in [-0.4, -0.2) is 39.4 Å². The van der Waals surface area contributed by atoms with Gasteiger partial charge in [0.05, 0.1) is 4.90 Å². The summed E-state index contributed by atoms with van der Waals surface area (Å²) in [7, 11) is -6.11. The van der Waals surface area contributed by atoms with Crippen molar-refractivity contribution in [1.82, 2.24) is 5.32 Å². The molecule has 2 aromatic rings. The largest absolute Gasteiger partial charge is 0.319 e. The summed E-state index contributed by atoms with van der Waals surface area (Å²) >= 11 is 0. The van der Waals surface area contributed by atoms with E-state index in [1.807, 2.05) is 20.3 Å². The minimum Gasteiger partial charge on any atom is -0.319 e. The van der Waals surface area contributed by atoms with Crippen LogP contribution >= 0.6 is 7.14 Å². The zero-order valence-corrected chi connectivity index (χ0v) is 19.0. The zero-order valence-electron chi connectivity index (χ0n) is 17.3. The monoisotopic (exact) mass is 435 g/mol. The van der Waals surface area contributed by atoms with Crippen molar-refractivity contribution in [2.24, 2.45) is 11.3 Å². The van der Waals surface area contributed by atoms with Crippen molar-refractivity contribution in [3.05, 3.63) is 59.7 Å². The van der Waals surface area contributed by atoms with Crippen LogP contribution < -0.4 is 10.6 Å². The maximum Gasteiger partial charge on any atom is 0.294 e. The highest BCUT2D eigenvalue weighted by atomic mass is 32.2. The quantitative estimate of drug-likeness (QED) is 0.565. The topological polar surface area (TPSA) is 83.5 Å². The molecule has 2 aromatic carbocycles. The molecule has 158 valence electrons. The first-order valence-corrected chi connectivity index (χ1v) is 13.9. The molecule has 0 unspecified atom stereocenters. The molecule has 1 heterocycles. The Bertz CT molecular complexity index is 982. The number of benzene rings is 2. The first-order chi connectivity index (χ1) is 13.5. The van der Waals surface area contributed by atoms with Crippen molar-refractivity contribution < 1.29 is 17.5 Å². The van der Waals surface area contributed by atoms with Crippen LogP contribution in [0.4, 0.5) is 0 Å². The molecule has 5 nitrogen and oxygen atoms in total. The third-order valence-corrected chi connectivity index (χ3v) is 8.25. The van der Waals surface area contributed by atoms with Gasteiger partial charge in [0.25, 0.3) is 10.1 Å². The number of hydrogen-bond donors (Lipinski definition) is 2. The highest BCUT2D eigenvalue weighted by molar-refractivity contribution is 7.85. The van der Waals surface area contributed by atoms with Crippen molar-refractivity contribution in [2.45, 2.75) is 31.1 Å². The standard InChI is InChI=1S/C15H22NOP.C7H8O3S/c1-18(2,17)14-5-3-12(4-6-14)7-13-8-15(9-13)10-16-11-15;1-6-2-4-7(5-3-6)11(8,9)10/h3-6,13,16H,7-11H2,1-2H3;2-5H,1H3,(H,8,9,10). The fourth-order valence-corrected chi connectivity index (χ4v) is 5.46. The fraction of sp³-hybridized carbons (Fsp3) is 0.455. The van der Waals surface area contributed by atoms with Crippen LogP contribution in [0.15, 0.2) is 53.4 Å². The van der Waals surface area contributed by atoms with Crippen LogP contribution in [-0.2, 0) is 21.1 Å². The summed E-state index contributed by atoms with van der Waals surface area (Å²) in [4.78, 5) is -0.0666. The van der Waals surface area contributed by atoms with Crippen molar-refractivity contribution in [3.8, 4) is 0 Å². The number of nitrogens with one attached hydrogen (secondary N) is 1. The molecule has 2 aliphatic rings. The van der Waals surface area contributed by atoms with E-state index >= 15 is 0 Å². The van der Waals surface area contributed by atoms with E-state index in [0.29, 0.717) is 5.41 Å². The summed E-state index contributed by atoms with van der Waals surface area (Å²) in [6, 6.07) is 14.4. The zero-order chi connectivity index (χ0) is 21.3. The van der Waals surface area contributed by atoms with Crippen LogP contribution in [0.3, 0.4) is 0 Å². The molecule has 1 saturated heterocycles. The highest BCUT2D eigenvalue weighted by Crippen LogP contribution is 2.49. The van der Waals surface area contributed by atoms with E-state index in [2.05, 4.69) is 29.6 Å². The average molecular weight is 436 g/mol. The van der Waals surface area contributed by atoms with Crippen LogP contribution in [0.2, 0.25) is 0 Å². The Labute approximate surface area is 174 Å². The van der Waals surface area contributed by atoms with Crippen LogP contribution in [0.1, 0.15) is 24.0 Å². The predicted molar refractivity (Wildman–Crippen MR) is 118 cm³/mol. The maximum atomic E-state index is 11.9. The molecule has 2 fully saturated rings. The first-order valence-electron chi connectivity index (χ1n) is 9.86. The summed E-state index contributed by atoms with van der Waals surface area (Å²) in [6.07, 6.45) is 3.98. The predicted octanol–water partition coefficient (Wildman–Crippen LogP) is 3.72. The Hall–Kier alpha value is -1.46. The summed E-state index contributed by atoms with van der Waals surface area (Å²) < 4.78 is 41.5. The molecular weight excluding hydrogens is 405 g/mol. The van der Waals surface area contributed by atoms with Gasteiger partial charge in [0, 0.05) is 18.4 Å². The lowest BCUT2D eigenvalue weighted by molar-refractivity contribution is 0.000895. The van der Waals surface area contributed by atoms with E-state index in [9.17, 15) is 13.0 Å². The van der Waals surface area contributed by atoms with E-state index in [4.69, 9.17) is 4.55 Å². The van der Waals surface area contributed by atoms with Crippen molar-refractivity contribution in [3.63, 3.8) is 0 Å². The Morgan fingerprint density at radius 2 is 1.59 bits per heavy atom. The van der Waals surface area contributed by atoms with Crippen molar-refractivity contribution in [2.75, 3.05) is 26.4 Å². The van der Waals surface area contributed by atoms with E-state index in [1.54, 1.807) is 12.1 Å². The third kappa shape index (κ3) is 5.79. The van der Waals surface area contributed by atoms with Gasteiger partial charge in [-0.05, 0) is 68.5 Å². The molecule has 1 aliphatic carbocycles. The minimum absolute atomic E-state index is 0.0666. The number of rotatable bonds is 4. The molecule has 4 rings (SSSR count). The fourth-order valence-electron chi connectivity index (χ4n) is 4.11. The molecule has 1 aliphatic heterocycles. The Kier molecular flexibility index (Phi) is 6.40. The Balaban J connectivity index is 0.000000188. The van der Waals surface area contributed by atoms with Gasteiger partial charge in [-0.15, -0.1) is 0 Å². The Morgan fingerprint density at radius 1 is 1.03 bits per heavy atom. The second kappa shape index (κ2) is 8.35. The third-order valence-electron chi connectivity index (χ3n) is 5.84. The molecule has 1 saturated carbocycles. The minimum atomic E-state index is -4.02. The maximum absolute atomic E-state index is 11.9. The molecule has 2 N–H and O–H groups in total. The van der Waals surface area contributed by atoms with Gasteiger partial charge in [-0.2, -0.15) is 8.42 Å². The summed E-state index contributed by atoms with van der Waals surface area (Å²) in [5.74, 6) is 0.869.